The Bertz CT molecular complexity index is 1060. The summed E-state index contributed by atoms with van der Waals surface area (Å²) in [5, 5.41) is 3.04. The predicted molar refractivity (Wildman–Crippen MR) is 158 cm³/mol. The minimum absolute atomic E-state index is 0. The molecule has 4 nitrogen and oxygen atoms in total. The van der Waals surface area contributed by atoms with Gasteiger partial charge in [0, 0.05) is 24.7 Å². The number of hydrogen-bond acceptors (Lipinski definition) is 3. The van der Waals surface area contributed by atoms with E-state index in [2.05, 4.69) is 17.3 Å². The van der Waals surface area contributed by atoms with E-state index in [1.54, 1.807) is 0 Å². The van der Waals surface area contributed by atoms with Crippen LogP contribution < -0.4 is 5.32 Å². The monoisotopic (exact) mass is 565 g/mol. The summed E-state index contributed by atoms with van der Waals surface area (Å²) < 4.78 is 26.9. The van der Waals surface area contributed by atoms with E-state index in [0.717, 1.165) is 60.4 Å². The van der Waals surface area contributed by atoms with Crippen molar-refractivity contribution in [2.75, 3.05) is 45.6 Å². The van der Waals surface area contributed by atoms with E-state index in [1.165, 1.54) is 24.3 Å². The molecule has 0 radical (unpaired) electrons. The van der Waals surface area contributed by atoms with Crippen LogP contribution in [0.1, 0.15) is 41.0 Å². The molecule has 0 atom stereocenters. The van der Waals surface area contributed by atoms with Gasteiger partial charge in [-0.3, -0.25) is 9.69 Å². The molecule has 0 bridgehead atoms. The zero-order chi connectivity index (χ0) is 26.1. The summed E-state index contributed by atoms with van der Waals surface area (Å²) in [5.74, 6) is -0.457. The van der Waals surface area contributed by atoms with Gasteiger partial charge in [-0.05, 0) is 93.8 Å². The lowest BCUT2D eigenvalue weighted by Crippen LogP contribution is -2.36. The summed E-state index contributed by atoms with van der Waals surface area (Å²) in [7, 11) is 4.03. The van der Waals surface area contributed by atoms with E-state index >= 15 is 0 Å². The smallest absolute Gasteiger partial charge is 0.238 e. The van der Waals surface area contributed by atoms with E-state index in [4.69, 9.17) is 0 Å². The highest BCUT2D eigenvalue weighted by atomic mass is 35.5. The number of benzene rings is 3. The van der Waals surface area contributed by atoms with E-state index in [0.29, 0.717) is 6.54 Å². The van der Waals surface area contributed by atoms with Crippen LogP contribution in [0.15, 0.2) is 66.7 Å². The van der Waals surface area contributed by atoms with Crippen molar-refractivity contribution >= 4 is 36.4 Å². The van der Waals surface area contributed by atoms with Crippen LogP contribution >= 0.6 is 24.8 Å². The number of carbonyl (C=O) groups excluding carboxylic acids is 1. The molecule has 0 unspecified atom stereocenters. The Kier molecular flexibility index (Phi) is 14.5. The molecule has 38 heavy (non-hydrogen) atoms. The third kappa shape index (κ3) is 10.3. The summed E-state index contributed by atoms with van der Waals surface area (Å²) in [6, 6.07) is 19.1. The lowest BCUT2D eigenvalue weighted by Gasteiger charge is -2.23. The van der Waals surface area contributed by atoms with Crippen molar-refractivity contribution in [1.29, 1.82) is 0 Å². The Morgan fingerprint density at radius 2 is 1.24 bits per heavy atom. The number of aryl methyl sites for hydroxylation is 2. The third-order valence-electron chi connectivity index (χ3n) is 6.60. The summed E-state index contributed by atoms with van der Waals surface area (Å²) in [6.07, 6.45) is 1.81. The molecular weight excluding hydrogens is 527 g/mol. The molecule has 0 heterocycles. The highest BCUT2D eigenvalue weighted by Gasteiger charge is 2.16. The zero-order valence-electron chi connectivity index (χ0n) is 22.5. The highest BCUT2D eigenvalue weighted by Crippen LogP contribution is 2.29. The minimum atomic E-state index is -0.261. The second-order valence-corrected chi connectivity index (χ2v) is 9.65. The number of hydrogen-bond donors (Lipinski definition) is 1. The van der Waals surface area contributed by atoms with Gasteiger partial charge in [-0.25, -0.2) is 8.78 Å². The molecule has 208 valence electrons. The van der Waals surface area contributed by atoms with E-state index < -0.39 is 0 Å². The number of amides is 1. The van der Waals surface area contributed by atoms with Gasteiger partial charge in [0.05, 0.1) is 6.54 Å². The molecule has 0 aromatic heterocycles. The van der Waals surface area contributed by atoms with Crippen molar-refractivity contribution in [3.8, 4) is 0 Å². The fourth-order valence-electron chi connectivity index (χ4n) is 4.45. The molecular formula is C30H39Cl2F2N3O. The van der Waals surface area contributed by atoms with Crippen molar-refractivity contribution in [2.45, 2.75) is 32.6 Å². The molecule has 3 aromatic carbocycles. The average Bonchev–Trinajstić information content (AvgIpc) is 2.84. The SMILES string of the molecule is Cc1cccc(C)c1NC(=O)CN(C)CCN(C)CCCC(c1ccc(F)cc1)c1ccc(F)cc1.Cl.Cl. The maximum Gasteiger partial charge on any atom is 0.238 e. The summed E-state index contributed by atoms with van der Waals surface area (Å²) in [4.78, 5) is 16.8. The van der Waals surface area contributed by atoms with Gasteiger partial charge in [-0.1, -0.05) is 42.5 Å². The zero-order valence-corrected chi connectivity index (χ0v) is 24.2. The number of para-hydroxylation sites is 1. The first-order valence-corrected chi connectivity index (χ1v) is 12.5. The Balaban J connectivity index is 0.00000361. The lowest BCUT2D eigenvalue weighted by molar-refractivity contribution is -0.117. The number of rotatable bonds is 12. The topological polar surface area (TPSA) is 35.6 Å². The van der Waals surface area contributed by atoms with Crippen LogP contribution in [0.5, 0.6) is 0 Å². The van der Waals surface area contributed by atoms with Crippen LogP contribution in [0.25, 0.3) is 0 Å². The minimum Gasteiger partial charge on any atom is -0.324 e. The fraction of sp³-hybridized carbons (Fsp3) is 0.367. The number of halogens is 4. The van der Waals surface area contributed by atoms with Gasteiger partial charge in [-0.15, -0.1) is 24.8 Å². The van der Waals surface area contributed by atoms with Crippen molar-refractivity contribution in [3.63, 3.8) is 0 Å². The van der Waals surface area contributed by atoms with Gasteiger partial charge in [0.15, 0.2) is 0 Å². The van der Waals surface area contributed by atoms with Crippen LogP contribution in [0.3, 0.4) is 0 Å². The number of likely N-dealkylation sites (N-methyl/N-ethyl adjacent to an activating group) is 2. The number of nitrogens with one attached hydrogen (secondary N) is 1. The van der Waals surface area contributed by atoms with E-state index in [-0.39, 0.29) is 48.3 Å². The Hall–Kier alpha value is -2.51. The maximum atomic E-state index is 13.5. The van der Waals surface area contributed by atoms with Crippen LogP contribution in [0, 0.1) is 25.5 Å². The number of nitrogens with zero attached hydrogens (tertiary/aromatic N) is 2. The second-order valence-electron chi connectivity index (χ2n) is 9.65. The van der Waals surface area contributed by atoms with Crippen molar-refractivity contribution < 1.29 is 13.6 Å². The summed E-state index contributed by atoms with van der Waals surface area (Å²) in [6.45, 7) is 6.83. The summed E-state index contributed by atoms with van der Waals surface area (Å²) in [5.41, 5.74) is 5.07. The molecule has 0 spiro atoms. The maximum absolute atomic E-state index is 13.5. The Labute approximate surface area is 238 Å². The molecule has 0 fully saturated rings. The Morgan fingerprint density at radius 1 is 0.763 bits per heavy atom. The van der Waals surface area contributed by atoms with E-state index in [1.807, 2.05) is 68.3 Å². The van der Waals surface area contributed by atoms with Crippen molar-refractivity contribution in [3.05, 3.63) is 101 Å². The van der Waals surface area contributed by atoms with Gasteiger partial charge >= 0.3 is 0 Å². The van der Waals surface area contributed by atoms with Gasteiger partial charge < -0.3 is 10.2 Å². The molecule has 0 saturated carbocycles. The molecule has 3 rings (SSSR count). The molecule has 0 aliphatic carbocycles. The fourth-order valence-corrected chi connectivity index (χ4v) is 4.45. The van der Waals surface area contributed by atoms with Gasteiger partial charge in [0.25, 0.3) is 0 Å². The predicted octanol–water partition coefficient (Wildman–Crippen LogP) is 6.84. The number of carbonyl (C=O) groups is 1. The third-order valence-corrected chi connectivity index (χ3v) is 6.60. The first-order chi connectivity index (χ1) is 17.2. The molecule has 0 aliphatic heterocycles. The van der Waals surface area contributed by atoms with Crippen LogP contribution in [0.2, 0.25) is 0 Å². The Morgan fingerprint density at radius 3 is 1.74 bits per heavy atom. The van der Waals surface area contributed by atoms with Crippen LogP contribution in [-0.2, 0) is 4.79 Å². The molecule has 0 aliphatic rings. The standard InChI is InChI=1S/C30H37F2N3O.2ClH/c1-22-7-5-8-23(2)30(22)33-29(36)21-35(4)20-19-34(3)18-6-9-28(24-10-14-26(31)15-11-24)25-12-16-27(32)17-13-25;;/h5,7-8,10-17,28H,6,9,18-21H2,1-4H3,(H,33,36);2*1H. The molecule has 8 heteroatoms. The van der Waals surface area contributed by atoms with Gasteiger partial charge in [0.2, 0.25) is 5.91 Å². The quantitative estimate of drug-likeness (QED) is 0.261. The van der Waals surface area contributed by atoms with Gasteiger partial charge in [0.1, 0.15) is 11.6 Å². The average molecular weight is 567 g/mol. The van der Waals surface area contributed by atoms with Crippen molar-refractivity contribution in [1.82, 2.24) is 9.80 Å². The van der Waals surface area contributed by atoms with Crippen molar-refractivity contribution in [2.24, 2.45) is 0 Å². The lowest BCUT2D eigenvalue weighted by atomic mass is 9.87. The van der Waals surface area contributed by atoms with E-state index in [9.17, 15) is 13.6 Å². The van der Waals surface area contributed by atoms with Gasteiger partial charge in [-0.2, -0.15) is 0 Å². The first-order valence-electron chi connectivity index (χ1n) is 12.5. The molecule has 1 N–H and O–H groups in total. The molecule has 0 saturated heterocycles. The first kappa shape index (κ1) is 33.5. The highest BCUT2D eigenvalue weighted by molar-refractivity contribution is 5.93. The molecule has 1 amide bonds. The van der Waals surface area contributed by atoms with Crippen LogP contribution in [0.4, 0.5) is 14.5 Å². The molecule has 3 aromatic rings. The van der Waals surface area contributed by atoms with Crippen LogP contribution in [-0.4, -0.2) is 56.0 Å². The normalized spacial score (nSPS) is 10.9. The second kappa shape index (κ2) is 16.5. The number of anilines is 1. The summed E-state index contributed by atoms with van der Waals surface area (Å²) >= 11 is 0. The largest absolute Gasteiger partial charge is 0.324 e.